The number of nitro groups is 2. The molecule has 0 unspecified atom stereocenters. The monoisotopic (exact) mass is 382 g/mol. The van der Waals surface area contributed by atoms with E-state index in [0.717, 1.165) is 23.9 Å². The fourth-order valence-electron chi connectivity index (χ4n) is 2.49. The average molecular weight is 382 g/mol. The number of cyclic esters (lactones) is 1. The van der Waals surface area contributed by atoms with Gasteiger partial charge in [0.2, 0.25) is 5.90 Å². The molecule has 10 heteroatoms. The van der Waals surface area contributed by atoms with E-state index in [1.807, 2.05) is 31.1 Å². The molecule has 0 radical (unpaired) electrons. The second-order valence-electron chi connectivity index (χ2n) is 6.07. The van der Waals surface area contributed by atoms with Crippen LogP contribution in [-0.4, -0.2) is 35.8 Å². The van der Waals surface area contributed by atoms with Crippen molar-refractivity contribution in [2.24, 2.45) is 4.99 Å². The molecule has 142 valence electrons. The first-order valence-electron chi connectivity index (χ1n) is 7.99. The highest BCUT2D eigenvalue weighted by Crippen LogP contribution is 2.26. The molecule has 1 aliphatic heterocycles. The number of nitro benzene ring substituents is 2. The summed E-state index contributed by atoms with van der Waals surface area (Å²) in [4.78, 5) is 38.5. The second kappa shape index (κ2) is 7.27. The quantitative estimate of drug-likeness (QED) is 0.336. The smallest absolute Gasteiger partial charge is 0.363 e. The van der Waals surface area contributed by atoms with Crippen LogP contribution in [0.25, 0.3) is 6.08 Å². The van der Waals surface area contributed by atoms with Gasteiger partial charge in [-0.1, -0.05) is 12.1 Å². The zero-order valence-electron chi connectivity index (χ0n) is 14.9. The van der Waals surface area contributed by atoms with Gasteiger partial charge in [0, 0.05) is 31.9 Å². The van der Waals surface area contributed by atoms with Gasteiger partial charge in [0.05, 0.1) is 21.5 Å². The molecular weight excluding hydrogens is 368 g/mol. The molecule has 28 heavy (non-hydrogen) atoms. The highest BCUT2D eigenvalue weighted by molar-refractivity contribution is 6.13. The van der Waals surface area contributed by atoms with Gasteiger partial charge in [0.15, 0.2) is 5.70 Å². The fraction of sp³-hybridized carbons (Fsp3) is 0.111. The summed E-state index contributed by atoms with van der Waals surface area (Å²) >= 11 is 0. The first-order valence-corrected chi connectivity index (χ1v) is 7.99. The second-order valence-corrected chi connectivity index (χ2v) is 6.07. The van der Waals surface area contributed by atoms with E-state index in [2.05, 4.69) is 4.99 Å². The van der Waals surface area contributed by atoms with Crippen molar-refractivity contribution in [3.63, 3.8) is 0 Å². The maximum atomic E-state index is 12.1. The lowest BCUT2D eigenvalue weighted by Crippen LogP contribution is -2.08. The van der Waals surface area contributed by atoms with Crippen LogP contribution in [0.3, 0.4) is 0 Å². The minimum atomic E-state index is -0.767. The van der Waals surface area contributed by atoms with Gasteiger partial charge in [-0.2, -0.15) is 0 Å². The minimum Gasteiger partial charge on any atom is -0.402 e. The van der Waals surface area contributed by atoms with Crippen LogP contribution in [-0.2, 0) is 9.53 Å². The van der Waals surface area contributed by atoms with Crippen LogP contribution in [0.1, 0.15) is 11.1 Å². The van der Waals surface area contributed by atoms with Crippen LogP contribution in [0.15, 0.2) is 53.2 Å². The first-order chi connectivity index (χ1) is 13.2. The number of benzene rings is 2. The number of rotatable bonds is 5. The molecule has 1 heterocycles. The molecule has 2 aromatic rings. The molecule has 0 spiro atoms. The van der Waals surface area contributed by atoms with Crippen LogP contribution in [0.2, 0.25) is 0 Å². The molecule has 1 aliphatic rings. The van der Waals surface area contributed by atoms with Crippen LogP contribution in [0, 0.1) is 20.2 Å². The SMILES string of the molecule is CN(C)c1ccc(/C=C2/N=C(c3cc([N+](=O)[O-])cc([N+](=O)[O-])c3)OC2=O)cc1. The maximum Gasteiger partial charge on any atom is 0.363 e. The Hall–Kier alpha value is -4.08. The average Bonchev–Trinajstić information content (AvgIpc) is 3.02. The maximum absolute atomic E-state index is 12.1. The van der Waals surface area contributed by atoms with E-state index in [0.29, 0.717) is 5.56 Å². The molecule has 0 amide bonds. The van der Waals surface area contributed by atoms with E-state index < -0.39 is 27.2 Å². The zero-order chi connectivity index (χ0) is 20.4. The van der Waals surface area contributed by atoms with Crippen LogP contribution < -0.4 is 4.90 Å². The van der Waals surface area contributed by atoms with Gasteiger partial charge in [0.1, 0.15) is 0 Å². The molecule has 0 atom stereocenters. The molecule has 0 aliphatic carbocycles. The van der Waals surface area contributed by atoms with Crippen molar-refractivity contribution in [1.82, 2.24) is 0 Å². The summed E-state index contributed by atoms with van der Waals surface area (Å²) in [6.45, 7) is 0. The van der Waals surface area contributed by atoms with Crippen LogP contribution in [0.4, 0.5) is 17.1 Å². The predicted molar refractivity (Wildman–Crippen MR) is 101 cm³/mol. The summed E-state index contributed by atoms with van der Waals surface area (Å²) in [5.41, 5.74) is 0.637. The molecule has 2 aromatic carbocycles. The van der Waals surface area contributed by atoms with Crippen molar-refractivity contribution in [2.75, 3.05) is 19.0 Å². The number of aliphatic imine (C=N–C) groups is 1. The Morgan fingerprint density at radius 1 is 1.00 bits per heavy atom. The van der Waals surface area contributed by atoms with E-state index in [-0.39, 0.29) is 17.2 Å². The van der Waals surface area contributed by atoms with Gasteiger partial charge in [-0.3, -0.25) is 20.2 Å². The zero-order valence-corrected chi connectivity index (χ0v) is 14.9. The third kappa shape index (κ3) is 3.85. The van der Waals surface area contributed by atoms with E-state index in [4.69, 9.17) is 4.74 Å². The summed E-state index contributed by atoms with van der Waals surface area (Å²) in [7, 11) is 3.80. The van der Waals surface area contributed by atoms with Crippen molar-refractivity contribution >= 4 is 35.0 Å². The van der Waals surface area contributed by atoms with Gasteiger partial charge in [-0.25, -0.2) is 9.79 Å². The van der Waals surface area contributed by atoms with Crippen LogP contribution >= 0.6 is 0 Å². The van der Waals surface area contributed by atoms with Gasteiger partial charge in [0.25, 0.3) is 11.4 Å². The molecule has 0 saturated heterocycles. The molecule has 10 nitrogen and oxygen atoms in total. The standard InChI is InChI=1S/C18H14N4O6/c1-20(2)13-5-3-11(4-6-13)7-16-18(23)28-17(19-16)12-8-14(21(24)25)10-15(9-12)22(26)27/h3-10H,1-2H3/b16-7+. The first kappa shape index (κ1) is 18.7. The fourth-order valence-corrected chi connectivity index (χ4v) is 2.49. The Kier molecular flexibility index (Phi) is 4.86. The summed E-state index contributed by atoms with van der Waals surface area (Å²) in [6.07, 6.45) is 1.50. The molecule has 0 saturated carbocycles. The molecule has 0 fully saturated rings. The number of anilines is 1. The van der Waals surface area contributed by atoms with Gasteiger partial charge >= 0.3 is 5.97 Å². The van der Waals surface area contributed by atoms with Gasteiger partial charge < -0.3 is 9.64 Å². The highest BCUT2D eigenvalue weighted by Gasteiger charge is 2.27. The van der Waals surface area contributed by atoms with Crippen molar-refractivity contribution < 1.29 is 19.4 Å². The Morgan fingerprint density at radius 3 is 2.07 bits per heavy atom. The third-order valence-corrected chi connectivity index (χ3v) is 3.90. The van der Waals surface area contributed by atoms with Crippen molar-refractivity contribution in [3.8, 4) is 0 Å². The summed E-state index contributed by atoms with van der Waals surface area (Å²) in [5, 5.41) is 22.0. The summed E-state index contributed by atoms with van der Waals surface area (Å²) in [6, 6.07) is 10.3. The normalized spacial score (nSPS) is 14.6. The number of carbonyl (C=O) groups excluding carboxylic acids is 1. The molecule has 0 aromatic heterocycles. The Bertz CT molecular complexity index is 1010. The Balaban J connectivity index is 1.97. The number of hydrogen-bond acceptors (Lipinski definition) is 8. The summed E-state index contributed by atoms with van der Waals surface area (Å²) in [5.74, 6) is -0.978. The van der Waals surface area contributed by atoms with E-state index >= 15 is 0 Å². The largest absolute Gasteiger partial charge is 0.402 e. The number of esters is 1. The van der Waals surface area contributed by atoms with Crippen LogP contribution in [0.5, 0.6) is 0 Å². The van der Waals surface area contributed by atoms with Crippen molar-refractivity contribution in [3.05, 3.63) is 79.5 Å². The van der Waals surface area contributed by atoms with E-state index in [9.17, 15) is 25.0 Å². The van der Waals surface area contributed by atoms with E-state index in [1.165, 1.54) is 6.08 Å². The third-order valence-electron chi connectivity index (χ3n) is 3.90. The number of hydrogen-bond donors (Lipinski definition) is 0. The molecule has 0 bridgehead atoms. The topological polar surface area (TPSA) is 128 Å². The molecular formula is C18H14N4O6. The Labute approximate surface area is 158 Å². The van der Waals surface area contributed by atoms with Crippen molar-refractivity contribution in [2.45, 2.75) is 0 Å². The van der Waals surface area contributed by atoms with Gasteiger partial charge in [-0.05, 0) is 23.8 Å². The van der Waals surface area contributed by atoms with E-state index in [1.54, 1.807) is 12.1 Å². The number of ether oxygens (including phenoxy) is 1. The minimum absolute atomic E-state index is 0.0123. The predicted octanol–water partition coefficient (Wildman–Crippen LogP) is 2.91. The Morgan fingerprint density at radius 2 is 1.57 bits per heavy atom. The lowest BCUT2D eigenvalue weighted by Gasteiger charge is -2.11. The number of carbonyl (C=O) groups is 1. The number of nitrogens with zero attached hydrogens (tertiary/aromatic N) is 4. The lowest BCUT2D eigenvalue weighted by molar-refractivity contribution is -0.394. The molecule has 3 rings (SSSR count). The lowest BCUT2D eigenvalue weighted by atomic mass is 10.1. The van der Waals surface area contributed by atoms with Crippen molar-refractivity contribution in [1.29, 1.82) is 0 Å². The summed E-state index contributed by atoms with van der Waals surface area (Å²) < 4.78 is 5.05. The van der Waals surface area contributed by atoms with Gasteiger partial charge in [-0.15, -0.1) is 0 Å². The number of non-ortho nitro benzene ring substituents is 2. The highest BCUT2D eigenvalue weighted by atomic mass is 16.6. The molecule has 0 N–H and O–H groups in total.